The zero-order chi connectivity index (χ0) is 12.8. The first-order valence-electron chi connectivity index (χ1n) is 4.58. The molecule has 0 amide bonds. The summed E-state index contributed by atoms with van der Waals surface area (Å²) in [6.07, 6.45) is 0. The molecule has 1 aromatic heterocycles. The van der Waals surface area contributed by atoms with Crippen LogP contribution in [-0.4, -0.2) is 40.2 Å². The van der Waals surface area contributed by atoms with Crippen LogP contribution in [0.4, 0.5) is 5.82 Å². The van der Waals surface area contributed by atoms with Gasteiger partial charge in [-0.25, -0.2) is 4.98 Å². The monoisotopic (exact) mass is 235 g/mol. The van der Waals surface area contributed by atoms with Crippen molar-refractivity contribution in [3.63, 3.8) is 0 Å². The molecule has 2 N–H and O–H groups in total. The number of carboxylic acid groups (broad SMARTS) is 2. The van der Waals surface area contributed by atoms with E-state index in [0.717, 1.165) is 4.90 Å². The second kappa shape index (κ2) is 5.46. The number of rotatable bonds is 5. The number of nitriles is 1. The highest BCUT2D eigenvalue weighted by Crippen LogP contribution is 2.10. The Kier molecular flexibility index (Phi) is 4.00. The quantitative estimate of drug-likeness (QED) is 0.733. The minimum absolute atomic E-state index is 0.100. The topological polar surface area (TPSA) is 115 Å². The number of hydrogen-bond acceptors (Lipinski definition) is 5. The third-order valence-electron chi connectivity index (χ3n) is 1.83. The predicted molar refractivity (Wildman–Crippen MR) is 56.4 cm³/mol. The smallest absolute Gasteiger partial charge is 0.323 e. The van der Waals surface area contributed by atoms with E-state index in [0.29, 0.717) is 0 Å². The van der Waals surface area contributed by atoms with E-state index in [1.807, 2.05) is 0 Å². The Hall–Kier alpha value is -2.62. The van der Waals surface area contributed by atoms with Crippen LogP contribution in [0.3, 0.4) is 0 Å². The van der Waals surface area contributed by atoms with Crippen LogP contribution in [0.1, 0.15) is 5.69 Å². The Morgan fingerprint density at radius 3 is 2.35 bits per heavy atom. The fraction of sp³-hybridized carbons (Fsp3) is 0.200. The van der Waals surface area contributed by atoms with E-state index in [-0.39, 0.29) is 11.5 Å². The Balaban J connectivity index is 2.99. The van der Waals surface area contributed by atoms with Crippen molar-refractivity contribution in [3.8, 4) is 6.07 Å². The summed E-state index contributed by atoms with van der Waals surface area (Å²) < 4.78 is 0. The average Bonchev–Trinajstić information content (AvgIpc) is 2.27. The lowest BCUT2D eigenvalue weighted by Gasteiger charge is -2.19. The van der Waals surface area contributed by atoms with Gasteiger partial charge in [-0.2, -0.15) is 5.26 Å². The van der Waals surface area contributed by atoms with Gasteiger partial charge in [-0.05, 0) is 12.1 Å². The first kappa shape index (κ1) is 12.4. The molecule has 0 aromatic carbocycles. The van der Waals surface area contributed by atoms with Gasteiger partial charge in [-0.1, -0.05) is 6.07 Å². The zero-order valence-electron chi connectivity index (χ0n) is 8.70. The molecule has 0 saturated heterocycles. The van der Waals surface area contributed by atoms with Crippen molar-refractivity contribution < 1.29 is 19.8 Å². The Bertz CT molecular complexity index is 465. The number of aromatic nitrogens is 1. The number of aliphatic carboxylic acids is 2. The number of anilines is 1. The van der Waals surface area contributed by atoms with E-state index < -0.39 is 25.0 Å². The summed E-state index contributed by atoms with van der Waals surface area (Å²) in [6, 6.07) is 6.21. The molecule has 7 nitrogen and oxygen atoms in total. The molecular weight excluding hydrogens is 226 g/mol. The molecular formula is C10H9N3O4. The van der Waals surface area contributed by atoms with Crippen LogP contribution in [0, 0.1) is 11.3 Å². The number of pyridine rings is 1. The van der Waals surface area contributed by atoms with E-state index in [2.05, 4.69) is 4.98 Å². The van der Waals surface area contributed by atoms with Crippen LogP contribution >= 0.6 is 0 Å². The summed E-state index contributed by atoms with van der Waals surface area (Å²) in [4.78, 5) is 26.1. The van der Waals surface area contributed by atoms with Crippen molar-refractivity contribution in [1.82, 2.24) is 4.98 Å². The van der Waals surface area contributed by atoms with Crippen molar-refractivity contribution in [3.05, 3.63) is 23.9 Å². The maximum Gasteiger partial charge on any atom is 0.323 e. The molecule has 1 aromatic rings. The van der Waals surface area contributed by atoms with Gasteiger partial charge >= 0.3 is 11.9 Å². The standard InChI is InChI=1S/C10H9N3O4/c11-4-7-2-1-3-8(12-7)13(5-9(14)15)6-10(16)17/h1-3H,5-6H2,(H,14,15)(H,16,17). The molecule has 0 bridgehead atoms. The van der Waals surface area contributed by atoms with Crippen molar-refractivity contribution >= 4 is 17.8 Å². The van der Waals surface area contributed by atoms with Crippen LogP contribution in [0.25, 0.3) is 0 Å². The molecule has 0 aliphatic rings. The van der Waals surface area contributed by atoms with Gasteiger partial charge in [0.15, 0.2) is 0 Å². The fourth-order valence-electron chi connectivity index (χ4n) is 1.21. The summed E-state index contributed by atoms with van der Waals surface area (Å²) in [5.41, 5.74) is 0.100. The van der Waals surface area contributed by atoms with Gasteiger partial charge in [0, 0.05) is 0 Å². The molecule has 0 saturated carbocycles. The minimum atomic E-state index is -1.17. The highest BCUT2D eigenvalue weighted by atomic mass is 16.4. The summed E-state index contributed by atoms with van der Waals surface area (Å²) in [5, 5.41) is 26.0. The van der Waals surface area contributed by atoms with E-state index >= 15 is 0 Å². The fourth-order valence-corrected chi connectivity index (χ4v) is 1.21. The van der Waals surface area contributed by atoms with E-state index in [1.54, 1.807) is 6.07 Å². The lowest BCUT2D eigenvalue weighted by molar-refractivity contribution is -0.136. The second-order valence-electron chi connectivity index (χ2n) is 3.14. The highest BCUT2D eigenvalue weighted by molar-refractivity contribution is 5.78. The van der Waals surface area contributed by atoms with Crippen LogP contribution < -0.4 is 4.90 Å². The molecule has 0 atom stereocenters. The Morgan fingerprint density at radius 1 is 1.29 bits per heavy atom. The first-order chi connectivity index (χ1) is 8.02. The normalized spacial score (nSPS) is 9.35. The van der Waals surface area contributed by atoms with Crippen molar-refractivity contribution in [2.75, 3.05) is 18.0 Å². The SMILES string of the molecule is N#Cc1cccc(N(CC(=O)O)CC(=O)O)n1. The molecule has 1 rings (SSSR count). The Labute approximate surface area is 96.5 Å². The summed E-state index contributed by atoms with van der Waals surface area (Å²) in [6.45, 7) is -0.984. The second-order valence-corrected chi connectivity index (χ2v) is 3.14. The summed E-state index contributed by atoms with van der Waals surface area (Å²) in [7, 11) is 0. The van der Waals surface area contributed by atoms with Gasteiger partial charge in [-0.3, -0.25) is 9.59 Å². The summed E-state index contributed by atoms with van der Waals surface area (Å²) >= 11 is 0. The third-order valence-corrected chi connectivity index (χ3v) is 1.83. The Morgan fingerprint density at radius 2 is 1.88 bits per heavy atom. The average molecular weight is 235 g/mol. The van der Waals surface area contributed by atoms with Crippen LogP contribution in [0.15, 0.2) is 18.2 Å². The molecule has 0 fully saturated rings. The molecule has 0 aliphatic carbocycles. The van der Waals surface area contributed by atoms with Crippen LogP contribution in [0.5, 0.6) is 0 Å². The largest absolute Gasteiger partial charge is 0.480 e. The van der Waals surface area contributed by atoms with Crippen molar-refractivity contribution in [1.29, 1.82) is 5.26 Å². The molecule has 0 unspecified atom stereocenters. The third kappa shape index (κ3) is 3.79. The van der Waals surface area contributed by atoms with Gasteiger partial charge in [-0.15, -0.1) is 0 Å². The minimum Gasteiger partial charge on any atom is -0.480 e. The number of carboxylic acids is 2. The number of hydrogen-bond donors (Lipinski definition) is 2. The van der Waals surface area contributed by atoms with E-state index in [9.17, 15) is 9.59 Å². The van der Waals surface area contributed by atoms with E-state index in [1.165, 1.54) is 18.2 Å². The van der Waals surface area contributed by atoms with Crippen LogP contribution in [-0.2, 0) is 9.59 Å². The molecule has 0 spiro atoms. The zero-order valence-corrected chi connectivity index (χ0v) is 8.70. The lowest BCUT2D eigenvalue weighted by Crippen LogP contribution is -2.35. The predicted octanol–water partition coefficient (Wildman–Crippen LogP) is -0.0711. The molecule has 7 heteroatoms. The molecule has 1 heterocycles. The van der Waals surface area contributed by atoms with Gasteiger partial charge in [0.1, 0.15) is 30.7 Å². The van der Waals surface area contributed by atoms with Crippen molar-refractivity contribution in [2.45, 2.75) is 0 Å². The van der Waals surface area contributed by atoms with E-state index in [4.69, 9.17) is 15.5 Å². The summed E-state index contributed by atoms with van der Waals surface area (Å²) in [5.74, 6) is -2.19. The highest BCUT2D eigenvalue weighted by Gasteiger charge is 2.15. The first-order valence-corrected chi connectivity index (χ1v) is 4.58. The van der Waals surface area contributed by atoms with Gasteiger partial charge in [0.2, 0.25) is 0 Å². The van der Waals surface area contributed by atoms with Crippen molar-refractivity contribution in [2.24, 2.45) is 0 Å². The molecule has 0 aliphatic heterocycles. The van der Waals surface area contributed by atoms with Gasteiger partial charge < -0.3 is 15.1 Å². The lowest BCUT2D eigenvalue weighted by atomic mass is 10.3. The molecule has 17 heavy (non-hydrogen) atoms. The maximum absolute atomic E-state index is 10.6. The molecule has 0 radical (unpaired) electrons. The van der Waals surface area contributed by atoms with Gasteiger partial charge in [0.25, 0.3) is 0 Å². The maximum atomic E-state index is 10.6. The number of nitrogens with zero attached hydrogens (tertiary/aromatic N) is 3. The number of carbonyl (C=O) groups is 2. The van der Waals surface area contributed by atoms with Gasteiger partial charge in [0.05, 0.1) is 0 Å². The molecule has 88 valence electrons. The van der Waals surface area contributed by atoms with Crippen LogP contribution in [0.2, 0.25) is 0 Å².